The third-order valence-corrected chi connectivity index (χ3v) is 15.3. The molecule has 0 radical (unpaired) electrons. The third kappa shape index (κ3) is 5.45. The number of rotatable bonds is 4. The van der Waals surface area contributed by atoms with Crippen molar-refractivity contribution in [2.45, 2.75) is 165 Å². The van der Waals surface area contributed by atoms with Crippen LogP contribution >= 0.6 is 0 Å². The fraction of sp³-hybridized carbons (Fsp3) is 0.947. The summed E-state index contributed by atoms with van der Waals surface area (Å²) in [6.45, 7) is 11.6. The van der Waals surface area contributed by atoms with Crippen LogP contribution in [-0.4, -0.2) is 123 Å². The first-order valence-electron chi connectivity index (χ1n) is 19.4. The fourth-order valence-electron chi connectivity index (χ4n) is 12.4. The molecule has 0 unspecified atom stereocenters. The maximum absolute atomic E-state index is 11.0. The average molecular weight is 709 g/mol. The van der Waals surface area contributed by atoms with Crippen molar-refractivity contribution in [1.29, 1.82) is 0 Å². The molecular formula is C38H60O12. The summed E-state index contributed by atoms with van der Waals surface area (Å²) in [5.41, 5.74) is 0.885. The van der Waals surface area contributed by atoms with E-state index >= 15 is 0 Å². The van der Waals surface area contributed by atoms with Crippen molar-refractivity contribution in [1.82, 2.24) is 0 Å². The van der Waals surface area contributed by atoms with E-state index in [4.69, 9.17) is 28.4 Å². The predicted molar refractivity (Wildman–Crippen MR) is 177 cm³/mol. The van der Waals surface area contributed by atoms with Gasteiger partial charge in [-0.05, 0) is 80.5 Å². The highest BCUT2D eigenvalue weighted by Crippen LogP contribution is 2.71. The maximum Gasteiger partial charge on any atom is 0.186 e. The smallest absolute Gasteiger partial charge is 0.186 e. The van der Waals surface area contributed by atoms with Crippen molar-refractivity contribution in [2.24, 2.45) is 46.3 Å². The molecule has 4 aliphatic heterocycles. The topological polar surface area (TPSA) is 177 Å². The van der Waals surface area contributed by atoms with Crippen LogP contribution in [0.3, 0.4) is 0 Å². The van der Waals surface area contributed by atoms with Crippen molar-refractivity contribution in [2.75, 3.05) is 13.2 Å². The van der Waals surface area contributed by atoms with Gasteiger partial charge in [-0.15, -0.1) is 0 Å². The molecule has 7 fully saturated rings. The molecule has 4 saturated heterocycles. The highest BCUT2D eigenvalue weighted by atomic mass is 16.7. The molecule has 21 atom stereocenters. The zero-order valence-electron chi connectivity index (χ0n) is 30.2. The Morgan fingerprint density at radius 1 is 0.800 bits per heavy atom. The Bertz CT molecular complexity index is 1290. The van der Waals surface area contributed by atoms with E-state index in [1.54, 1.807) is 6.92 Å². The van der Waals surface area contributed by atoms with Crippen LogP contribution < -0.4 is 0 Å². The lowest BCUT2D eigenvalue weighted by atomic mass is 9.46. The molecule has 0 amide bonds. The molecule has 0 aromatic rings. The van der Waals surface area contributed by atoms with Crippen LogP contribution in [-0.2, 0) is 28.4 Å². The lowest BCUT2D eigenvalue weighted by molar-refractivity contribution is -0.320. The molecule has 0 aromatic carbocycles. The van der Waals surface area contributed by atoms with Crippen LogP contribution in [0, 0.1) is 46.3 Å². The molecule has 50 heavy (non-hydrogen) atoms. The number of aliphatic hydroxyl groups is 6. The molecule has 8 rings (SSSR count). The summed E-state index contributed by atoms with van der Waals surface area (Å²) in [6, 6.07) is 0. The Kier molecular flexibility index (Phi) is 9.38. The minimum Gasteiger partial charge on any atom is -0.388 e. The zero-order chi connectivity index (χ0) is 35.5. The van der Waals surface area contributed by atoms with Gasteiger partial charge in [0, 0.05) is 24.2 Å². The van der Waals surface area contributed by atoms with Crippen molar-refractivity contribution < 1.29 is 59.1 Å². The maximum atomic E-state index is 11.0. The van der Waals surface area contributed by atoms with E-state index in [0.717, 1.165) is 45.1 Å². The summed E-state index contributed by atoms with van der Waals surface area (Å²) in [6.07, 6.45) is -2.43. The van der Waals surface area contributed by atoms with Gasteiger partial charge in [-0.3, -0.25) is 0 Å². The number of fused-ring (bicyclic) bond motifs is 7. The van der Waals surface area contributed by atoms with E-state index in [0.29, 0.717) is 42.4 Å². The largest absolute Gasteiger partial charge is 0.388 e. The highest BCUT2D eigenvalue weighted by Gasteiger charge is 2.69. The Morgan fingerprint density at radius 2 is 1.56 bits per heavy atom. The summed E-state index contributed by atoms with van der Waals surface area (Å²) < 4.78 is 38.2. The Hall–Kier alpha value is -0.740. The molecule has 0 bridgehead atoms. The van der Waals surface area contributed by atoms with Crippen LogP contribution in [0.25, 0.3) is 0 Å². The lowest BCUT2D eigenvalue weighted by Gasteiger charge is -2.61. The van der Waals surface area contributed by atoms with Crippen LogP contribution in [0.5, 0.6) is 0 Å². The van der Waals surface area contributed by atoms with Crippen molar-refractivity contribution >= 4 is 0 Å². The molecular weight excluding hydrogens is 648 g/mol. The Labute approximate surface area is 295 Å². The molecule has 0 aromatic heterocycles. The molecule has 1 spiro atoms. The zero-order valence-corrected chi connectivity index (χ0v) is 30.2. The van der Waals surface area contributed by atoms with Gasteiger partial charge in [0.05, 0.1) is 37.6 Å². The highest BCUT2D eigenvalue weighted by molar-refractivity contribution is 5.29. The molecule has 12 nitrogen and oxygen atoms in total. The van der Waals surface area contributed by atoms with Gasteiger partial charge in [-0.2, -0.15) is 0 Å². The third-order valence-electron chi connectivity index (χ3n) is 15.3. The normalized spacial score (nSPS) is 59.3. The predicted octanol–water partition coefficient (Wildman–Crippen LogP) is 2.00. The molecule has 4 aliphatic carbocycles. The number of hydrogen-bond acceptors (Lipinski definition) is 12. The summed E-state index contributed by atoms with van der Waals surface area (Å²) in [5.74, 6) is 2.02. The average Bonchev–Trinajstić information content (AvgIpc) is 3.53. The SMILES string of the molecule is C[C@H]1CC[C@@]2(OC1)O[C@H]1C[C@H]3[C@H]4CC=C5C[C@@H](O[C@@H]6O[C@@H](C)[C@H](O)[C@@H](O)[C@H]6O)C[C@@H](O[C@@H]6OC[C@@H](O)[C@H](O)[C@H]6O)[C@]5(C)[C@@H]4CC[C@]3(C)[C@H]1[C@@H]2C. The van der Waals surface area contributed by atoms with Crippen LogP contribution in [0.4, 0.5) is 0 Å². The molecule has 8 aliphatic rings. The van der Waals surface area contributed by atoms with E-state index in [2.05, 4.69) is 33.8 Å². The first-order valence-corrected chi connectivity index (χ1v) is 19.4. The van der Waals surface area contributed by atoms with Gasteiger partial charge in [0.1, 0.15) is 36.6 Å². The fourth-order valence-corrected chi connectivity index (χ4v) is 12.4. The first-order chi connectivity index (χ1) is 23.7. The molecule has 3 saturated carbocycles. The van der Waals surface area contributed by atoms with Crippen molar-refractivity contribution in [3.8, 4) is 0 Å². The molecule has 4 heterocycles. The standard InChI is InChI=1S/C38H60O12/c1-17-8-11-38(46-15-17)18(2)28-26(50-38)14-24-22-7-6-20-12-21(48-35-33(44)31(42)29(40)19(3)47-35)13-27(37(20,5)23(22)9-10-36(24,28)4)49-34-32(43)30(41)25(39)16-45-34/h6,17-19,21-35,39-44H,7-16H2,1-5H3/t17-,18-,19-,21+,22-,23+,24-,25+,26-,27+,28-,29-,30-,31+,32+,33+,34-,35-,36-,37-,38+/m0/s1. The van der Waals surface area contributed by atoms with Crippen molar-refractivity contribution in [3.05, 3.63) is 11.6 Å². The van der Waals surface area contributed by atoms with E-state index in [-0.39, 0.29) is 24.0 Å². The molecule has 12 heteroatoms. The summed E-state index contributed by atoms with van der Waals surface area (Å²) in [7, 11) is 0. The number of hydrogen-bond donors (Lipinski definition) is 6. The second-order valence-corrected chi connectivity index (χ2v) is 17.9. The summed E-state index contributed by atoms with van der Waals surface area (Å²) in [5, 5.41) is 63.1. The summed E-state index contributed by atoms with van der Waals surface area (Å²) in [4.78, 5) is 0. The van der Waals surface area contributed by atoms with Crippen molar-refractivity contribution in [3.63, 3.8) is 0 Å². The molecule has 6 N–H and O–H groups in total. The van der Waals surface area contributed by atoms with Crippen LogP contribution in [0.1, 0.15) is 86.0 Å². The quantitative estimate of drug-likeness (QED) is 0.235. The van der Waals surface area contributed by atoms with Gasteiger partial charge in [0.2, 0.25) is 0 Å². The van der Waals surface area contributed by atoms with Gasteiger partial charge in [-0.1, -0.05) is 39.3 Å². The van der Waals surface area contributed by atoms with Crippen LogP contribution in [0.2, 0.25) is 0 Å². The van der Waals surface area contributed by atoms with Gasteiger partial charge < -0.3 is 59.1 Å². The van der Waals surface area contributed by atoms with E-state index in [1.165, 1.54) is 5.57 Å². The van der Waals surface area contributed by atoms with Gasteiger partial charge in [0.25, 0.3) is 0 Å². The van der Waals surface area contributed by atoms with E-state index < -0.39 is 78.7 Å². The Morgan fingerprint density at radius 3 is 2.30 bits per heavy atom. The monoisotopic (exact) mass is 708 g/mol. The number of allylic oxidation sites excluding steroid dienone is 1. The van der Waals surface area contributed by atoms with Crippen LogP contribution in [0.15, 0.2) is 11.6 Å². The van der Waals surface area contributed by atoms with Gasteiger partial charge >= 0.3 is 0 Å². The molecule has 284 valence electrons. The van der Waals surface area contributed by atoms with E-state index in [9.17, 15) is 30.6 Å². The van der Waals surface area contributed by atoms with Gasteiger partial charge in [-0.25, -0.2) is 0 Å². The minimum atomic E-state index is -1.43. The van der Waals surface area contributed by atoms with Gasteiger partial charge in [0.15, 0.2) is 18.4 Å². The summed E-state index contributed by atoms with van der Waals surface area (Å²) >= 11 is 0. The first kappa shape index (κ1) is 36.2. The second kappa shape index (κ2) is 12.9. The Balaban J connectivity index is 1.07. The second-order valence-electron chi connectivity index (χ2n) is 17.9. The lowest BCUT2D eigenvalue weighted by Crippen LogP contribution is -2.61. The van der Waals surface area contributed by atoms with E-state index in [1.807, 2.05) is 0 Å². The number of ether oxygens (including phenoxy) is 6. The number of aliphatic hydroxyl groups excluding tert-OH is 6. The minimum absolute atomic E-state index is 0.124.